The van der Waals surface area contributed by atoms with E-state index in [0.29, 0.717) is 25.8 Å². The van der Waals surface area contributed by atoms with Gasteiger partial charge in [-0.2, -0.15) is 0 Å². The molecule has 0 bridgehead atoms. The van der Waals surface area contributed by atoms with Crippen molar-refractivity contribution in [2.75, 3.05) is 13.7 Å². The van der Waals surface area contributed by atoms with E-state index in [2.05, 4.69) is 20.0 Å². The Labute approximate surface area is 116 Å². The molecular weight excluding hydrogens is 258 g/mol. The third-order valence-corrected chi connectivity index (χ3v) is 3.00. The fourth-order valence-corrected chi connectivity index (χ4v) is 1.96. The molecular formula is C14H17N3O3. The Morgan fingerprint density at radius 2 is 2.30 bits per heavy atom. The first-order valence-electron chi connectivity index (χ1n) is 6.45. The second kappa shape index (κ2) is 6.70. The molecule has 0 radical (unpaired) electrons. The maximum Gasteiger partial charge on any atom is 0.305 e. The summed E-state index contributed by atoms with van der Waals surface area (Å²) in [6, 6.07) is 3.77. The number of rotatable bonds is 6. The lowest BCUT2D eigenvalue weighted by atomic mass is 10.1. The Bertz CT molecular complexity index is 606. The average Bonchev–Trinajstić information content (AvgIpc) is 2.86. The lowest BCUT2D eigenvalue weighted by Crippen LogP contribution is -2.26. The summed E-state index contributed by atoms with van der Waals surface area (Å²) in [6.45, 7) is 0.467. The number of carbonyl (C=O) groups excluding carboxylic acids is 2. The molecule has 0 unspecified atom stereocenters. The number of hydrogen-bond donors (Lipinski definition) is 2. The van der Waals surface area contributed by atoms with Crippen molar-refractivity contribution >= 4 is 22.9 Å². The quantitative estimate of drug-likeness (QED) is 0.612. The third-order valence-electron chi connectivity index (χ3n) is 3.00. The first-order chi connectivity index (χ1) is 9.70. The zero-order chi connectivity index (χ0) is 14.4. The molecule has 2 rings (SSSR count). The molecule has 0 aliphatic rings. The van der Waals surface area contributed by atoms with Gasteiger partial charge in [0.05, 0.1) is 13.5 Å². The zero-order valence-corrected chi connectivity index (χ0v) is 11.3. The number of aromatic amines is 1. The van der Waals surface area contributed by atoms with Crippen LogP contribution in [0, 0.1) is 0 Å². The van der Waals surface area contributed by atoms with E-state index < -0.39 is 0 Å². The molecule has 20 heavy (non-hydrogen) atoms. The number of fused-ring (bicyclic) bond motifs is 1. The molecule has 2 heterocycles. The van der Waals surface area contributed by atoms with Crippen LogP contribution < -0.4 is 5.32 Å². The lowest BCUT2D eigenvalue weighted by Gasteiger charge is -2.04. The summed E-state index contributed by atoms with van der Waals surface area (Å²) in [5, 5.41) is 3.74. The van der Waals surface area contributed by atoms with E-state index in [-0.39, 0.29) is 11.9 Å². The van der Waals surface area contributed by atoms with Crippen LogP contribution in [-0.4, -0.2) is 35.5 Å². The van der Waals surface area contributed by atoms with E-state index in [0.717, 1.165) is 16.6 Å². The Hall–Kier alpha value is -2.37. The Balaban J connectivity index is 1.81. The van der Waals surface area contributed by atoms with Gasteiger partial charge in [-0.3, -0.25) is 9.59 Å². The van der Waals surface area contributed by atoms with Gasteiger partial charge in [-0.25, -0.2) is 4.98 Å². The van der Waals surface area contributed by atoms with Crippen LogP contribution in [0.25, 0.3) is 11.0 Å². The normalized spacial score (nSPS) is 10.4. The van der Waals surface area contributed by atoms with Crippen LogP contribution in [0.2, 0.25) is 0 Å². The minimum absolute atomic E-state index is 0.0698. The van der Waals surface area contributed by atoms with Gasteiger partial charge in [0, 0.05) is 30.7 Å². The molecule has 6 heteroatoms. The number of methoxy groups -OCH3 is 1. The third kappa shape index (κ3) is 3.57. The average molecular weight is 275 g/mol. The SMILES string of the molecule is COC(=O)CCCNC(=O)Cc1c[nH]c2ncccc12. The van der Waals surface area contributed by atoms with Gasteiger partial charge >= 0.3 is 5.97 Å². The molecule has 2 N–H and O–H groups in total. The molecule has 0 atom stereocenters. The van der Waals surface area contributed by atoms with Crippen LogP contribution in [0.5, 0.6) is 0 Å². The van der Waals surface area contributed by atoms with Gasteiger partial charge in [0.1, 0.15) is 5.65 Å². The Morgan fingerprint density at radius 1 is 1.45 bits per heavy atom. The smallest absolute Gasteiger partial charge is 0.305 e. The number of hydrogen-bond acceptors (Lipinski definition) is 4. The van der Waals surface area contributed by atoms with E-state index in [1.165, 1.54) is 7.11 Å². The second-order valence-electron chi connectivity index (χ2n) is 4.42. The minimum Gasteiger partial charge on any atom is -0.469 e. The van der Waals surface area contributed by atoms with Crippen molar-refractivity contribution in [2.45, 2.75) is 19.3 Å². The van der Waals surface area contributed by atoms with E-state index in [1.54, 1.807) is 12.4 Å². The molecule has 2 aromatic rings. The zero-order valence-electron chi connectivity index (χ0n) is 11.3. The van der Waals surface area contributed by atoms with Crippen molar-refractivity contribution in [1.29, 1.82) is 0 Å². The molecule has 0 aliphatic heterocycles. The van der Waals surface area contributed by atoms with Gasteiger partial charge in [-0.05, 0) is 24.1 Å². The van der Waals surface area contributed by atoms with Crippen LogP contribution in [0.15, 0.2) is 24.5 Å². The summed E-state index contributed by atoms with van der Waals surface area (Å²) < 4.78 is 4.53. The monoisotopic (exact) mass is 275 g/mol. The summed E-state index contributed by atoms with van der Waals surface area (Å²) in [5.41, 5.74) is 1.69. The van der Waals surface area contributed by atoms with Crippen molar-refractivity contribution in [3.8, 4) is 0 Å². The number of ether oxygens (including phenoxy) is 1. The first kappa shape index (κ1) is 14.0. The van der Waals surface area contributed by atoms with E-state index >= 15 is 0 Å². The highest BCUT2D eigenvalue weighted by Gasteiger charge is 2.09. The van der Waals surface area contributed by atoms with Crippen molar-refractivity contribution in [3.05, 3.63) is 30.1 Å². The highest BCUT2D eigenvalue weighted by Crippen LogP contribution is 2.15. The predicted molar refractivity (Wildman–Crippen MR) is 74.1 cm³/mol. The maximum absolute atomic E-state index is 11.8. The molecule has 0 aromatic carbocycles. The molecule has 6 nitrogen and oxygen atoms in total. The lowest BCUT2D eigenvalue weighted by molar-refractivity contribution is -0.140. The summed E-state index contributed by atoms with van der Waals surface area (Å²) in [5.74, 6) is -0.332. The number of amides is 1. The first-order valence-corrected chi connectivity index (χ1v) is 6.45. The predicted octanol–water partition coefficient (Wildman–Crippen LogP) is 1.17. The van der Waals surface area contributed by atoms with E-state index in [9.17, 15) is 9.59 Å². The number of H-pyrrole nitrogens is 1. The van der Waals surface area contributed by atoms with Gasteiger partial charge in [-0.1, -0.05) is 0 Å². The van der Waals surface area contributed by atoms with E-state index in [1.807, 2.05) is 12.1 Å². The number of nitrogens with one attached hydrogen (secondary N) is 2. The fourth-order valence-electron chi connectivity index (χ4n) is 1.96. The molecule has 0 saturated carbocycles. The van der Waals surface area contributed by atoms with Crippen molar-refractivity contribution in [2.24, 2.45) is 0 Å². The fraction of sp³-hybridized carbons (Fsp3) is 0.357. The van der Waals surface area contributed by atoms with Gasteiger partial charge in [0.15, 0.2) is 0 Å². The highest BCUT2D eigenvalue weighted by atomic mass is 16.5. The second-order valence-corrected chi connectivity index (χ2v) is 4.42. The molecule has 106 valence electrons. The summed E-state index contributed by atoms with van der Waals surface area (Å²) in [4.78, 5) is 29.9. The molecule has 2 aromatic heterocycles. The van der Waals surface area contributed by atoms with Crippen molar-refractivity contribution in [3.63, 3.8) is 0 Å². The van der Waals surface area contributed by atoms with Crippen LogP contribution >= 0.6 is 0 Å². The number of nitrogens with zero attached hydrogens (tertiary/aromatic N) is 1. The van der Waals surface area contributed by atoms with E-state index in [4.69, 9.17) is 0 Å². The number of esters is 1. The molecule has 0 aliphatic carbocycles. The number of carbonyl (C=O) groups is 2. The van der Waals surface area contributed by atoms with Crippen LogP contribution in [0.3, 0.4) is 0 Å². The summed E-state index contributed by atoms with van der Waals surface area (Å²) in [6.07, 6.45) is 4.69. The molecule has 1 amide bonds. The minimum atomic E-state index is -0.262. The summed E-state index contributed by atoms with van der Waals surface area (Å²) >= 11 is 0. The molecule has 0 spiro atoms. The van der Waals surface area contributed by atoms with Gasteiger partial charge < -0.3 is 15.0 Å². The largest absolute Gasteiger partial charge is 0.469 e. The maximum atomic E-state index is 11.8. The molecule has 0 saturated heterocycles. The van der Waals surface area contributed by atoms with Crippen LogP contribution in [0.4, 0.5) is 0 Å². The van der Waals surface area contributed by atoms with Gasteiger partial charge in [0.25, 0.3) is 0 Å². The Morgan fingerprint density at radius 3 is 3.10 bits per heavy atom. The number of aromatic nitrogens is 2. The van der Waals surface area contributed by atoms with Gasteiger partial charge in [0.2, 0.25) is 5.91 Å². The highest BCUT2D eigenvalue weighted by molar-refractivity contribution is 5.87. The molecule has 0 fully saturated rings. The van der Waals surface area contributed by atoms with Crippen LogP contribution in [0.1, 0.15) is 18.4 Å². The Kier molecular flexibility index (Phi) is 4.70. The van der Waals surface area contributed by atoms with Crippen molar-refractivity contribution in [1.82, 2.24) is 15.3 Å². The van der Waals surface area contributed by atoms with Gasteiger partial charge in [-0.15, -0.1) is 0 Å². The standard InChI is InChI=1S/C14H17N3O3/c1-20-13(19)5-3-6-15-12(18)8-10-9-17-14-11(10)4-2-7-16-14/h2,4,7,9H,3,5-6,8H2,1H3,(H,15,18)(H,16,17). The van der Waals surface area contributed by atoms with Crippen LogP contribution in [-0.2, 0) is 20.7 Å². The van der Waals surface area contributed by atoms with Crippen molar-refractivity contribution < 1.29 is 14.3 Å². The summed E-state index contributed by atoms with van der Waals surface area (Å²) in [7, 11) is 1.35. The number of pyridine rings is 1. The topological polar surface area (TPSA) is 84.1 Å².